The van der Waals surface area contributed by atoms with Gasteiger partial charge in [-0.1, -0.05) is 12.1 Å². The van der Waals surface area contributed by atoms with Crippen LogP contribution in [-0.2, 0) is 16.6 Å². The van der Waals surface area contributed by atoms with Crippen LogP contribution >= 0.6 is 0 Å². The first-order chi connectivity index (χ1) is 11.8. The molecule has 2 aromatic rings. The van der Waals surface area contributed by atoms with Crippen LogP contribution in [0.2, 0.25) is 0 Å². The second-order valence-electron chi connectivity index (χ2n) is 6.67. The number of H-pyrrole nitrogens is 1. The molecule has 7 heteroatoms. The van der Waals surface area contributed by atoms with Crippen molar-refractivity contribution in [3.63, 3.8) is 0 Å². The highest BCUT2D eigenvalue weighted by Crippen LogP contribution is 2.19. The maximum atomic E-state index is 12.5. The molecular weight excluding hydrogens is 338 g/mol. The molecule has 2 heterocycles. The van der Waals surface area contributed by atoms with Crippen molar-refractivity contribution in [2.45, 2.75) is 27.3 Å². The Labute approximate surface area is 148 Å². The van der Waals surface area contributed by atoms with Crippen LogP contribution in [0.3, 0.4) is 0 Å². The molecule has 0 unspecified atom stereocenters. The first-order valence-electron chi connectivity index (χ1n) is 8.64. The summed E-state index contributed by atoms with van der Waals surface area (Å²) in [5.74, 6) is 0.135. The quantitative estimate of drug-likeness (QED) is 0.896. The van der Waals surface area contributed by atoms with E-state index in [1.54, 1.807) is 11.2 Å². The highest BCUT2D eigenvalue weighted by atomic mass is 32.2. The van der Waals surface area contributed by atoms with Crippen LogP contribution in [0, 0.1) is 13.8 Å². The van der Waals surface area contributed by atoms with Crippen LogP contribution in [0.1, 0.15) is 23.6 Å². The fraction of sp³-hybridized carbons (Fsp3) is 0.500. The fourth-order valence-corrected chi connectivity index (χ4v) is 4.36. The van der Waals surface area contributed by atoms with E-state index in [0.717, 1.165) is 27.6 Å². The van der Waals surface area contributed by atoms with Crippen molar-refractivity contribution < 1.29 is 8.42 Å². The molecule has 3 rings (SSSR count). The molecule has 1 aliphatic heterocycles. The van der Waals surface area contributed by atoms with Gasteiger partial charge in [0.2, 0.25) is 10.0 Å². The molecule has 1 aromatic carbocycles. The van der Waals surface area contributed by atoms with Crippen molar-refractivity contribution in [2.24, 2.45) is 0 Å². The maximum Gasteiger partial charge on any atom is 0.252 e. The molecule has 1 aromatic heterocycles. The average molecular weight is 363 g/mol. The van der Waals surface area contributed by atoms with Crippen LogP contribution in [-0.4, -0.2) is 54.5 Å². The Hall–Kier alpha value is -1.70. The molecule has 0 atom stereocenters. The number of aromatic nitrogens is 1. The third kappa shape index (κ3) is 3.63. The molecule has 0 spiro atoms. The van der Waals surface area contributed by atoms with Crippen LogP contribution in [0.4, 0.5) is 0 Å². The number of sulfonamides is 1. The van der Waals surface area contributed by atoms with Gasteiger partial charge in [-0.25, -0.2) is 8.42 Å². The summed E-state index contributed by atoms with van der Waals surface area (Å²) in [6.45, 7) is 8.51. The van der Waals surface area contributed by atoms with Crippen LogP contribution in [0.25, 0.3) is 10.9 Å². The van der Waals surface area contributed by atoms with Gasteiger partial charge in [0.25, 0.3) is 5.56 Å². The number of fused-ring (bicyclic) bond motifs is 1. The summed E-state index contributed by atoms with van der Waals surface area (Å²) in [7, 11) is -3.12. The van der Waals surface area contributed by atoms with E-state index in [9.17, 15) is 13.2 Å². The average Bonchev–Trinajstić information content (AvgIpc) is 2.60. The molecule has 0 amide bonds. The van der Waals surface area contributed by atoms with Crippen molar-refractivity contribution in [2.75, 3.05) is 31.9 Å². The number of hydrogen-bond acceptors (Lipinski definition) is 4. The van der Waals surface area contributed by atoms with Crippen molar-refractivity contribution in [3.8, 4) is 0 Å². The van der Waals surface area contributed by atoms with Crippen molar-refractivity contribution in [1.82, 2.24) is 14.2 Å². The Bertz CT molecular complexity index is 942. The predicted octanol–water partition coefficient (Wildman–Crippen LogP) is 1.61. The van der Waals surface area contributed by atoms with Crippen LogP contribution < -0.4 is 5.56 Å². The summed E-state index contributed by atoms with van der Waals surface area (Å²) in [5, 5.41) is 1.03. The van der Waals surface area contributed by atoms with Gasteiger partial charge in [0.1, 0.15) is 0 Å². The number of hydrogen-bond donors (Lipinski definition) is 1. The fourth-order valence-electron chi connectivity index (χ4n) is 3.28. The molecule has 1 N–H and O–H groups in total. The number of nitrogens with one attached hydrogen (secondary N) is 1. The van der Waals surface area contributed by atoms with Gasteiger partial charge < -0.3 is 4.98 Å². The lowest BCUT2D eigenvalue weighted by atomic mass is 10.0. The largest absolute Gasteiger partial charge is 0.321 e. The van der Waals surface area contributed by atoms with Crippen molar-refractivity contribution >= 4 is 20.9 Å². The van der Waals surface area contributed by atoms with E-state index < -0.39 is 10.0 Å². The van der Waals surface area contributed by atoms with Crippen LogP contribution in [0.15, 0.2) is 23.0 Å². The number of benzene rings is 1. The number of aryl methyl sites for hydroxylation is 2. The molecule has 1 fully saturated rings. The van der Waals surface area contributed by atoms with E-state index in [0.29, 0.717) is 32.7 Å². The van der Waals surface area contributed by atoms with Gasteiger partial charge in [-0.3, -0.25) is 9.69 Å². The number of aromatic amines is 1. The Morgan fingerprint density at radius 1 is 1.12 bits per heavy atom. The molecule has 1 saturated heterocycles. The Morgan fingerprint density at radius 2 is 1.80 bits per heavy atom. The lowest BCUT2D eigenvalue weighted by Gasteiger charge is -2.33. The SMILES string of the molecule is CCS(=O)(=O)N1CCN(Cc2cc3ccc(C)c(C)c3[nH]c2=O)CC1. The first-order valence-corrected chi connectivity index (χ1v) is 10.2. The predicted molar refractivity (Wildman–Crippen MR) is 100 cm³/mol. The van der Waals surface area contributed by atoms with E-state index in [4.69, 9.17) is 0 Å². The number of pyridine rings is 1. The highest BCUT2D eigenvalue weighted by Gasteiger charge is 2.25. The number of nitrogens with zero attached hydrogens (tertiary/aromatic N) is 2. The molecule has 0 radical (unpaired) electrons. The molecule has 0 saturated carbocycles. The second-order valence-corrected chi connectivity index (χ2v) is 8.93. The van der Waals surface area contributed by atoms with E-state index >= 15 is 0 Å². The van der Waals surface area contributed by atoms with Crippen molar-refractivity contribution in [3.05, 3.63) is 45.2 Å². The van der Waals surface area contributed by atoms with E-state index in [-0.39, 0.29) is 11.3 Å². The van der Waals surface area contributed by atoms with E-state index in [2.05, 4.69) is 16.0 Å². The van der Waals surface area contributed by atoms with Crippen molar-refractivity contribution in [1.29, 1.82) is 0 Å². The van der Waals surface area contributed by atoms with Gasteiger partial charge in [-0.2, -0.15) is 4.31 Å². The summed E-state index contributed by atoms with van der Waals surface area (Å²) in [6, 6.07) is 6.05. The minimum Gasteiger partial charge on any atom is -0.321 e. The normalized spacial score (nSPS) is 17.2. The molecule has 0 bridgehead atoms. The smallest absolute Gasteiger partial charge is 0.252 e. The first kappa shape index (κ1) is 18.1. The third-order valence-corrected chi connectivity index (χ3v) is 6.99. The lowest BCUT2D eigenvalue weighted by molar-refractivity contribution is 0.181. The number of piperazine rings is 1. The van der Waals surface area contributed by atoms with Gasteiger partial charge >= 0.3 is 0 Å². The molecule has 136 valence electrons. The summed E-state index contributed by atoms with van der Waals surface area (Å²) in [5.41, 5.74) is 3.81. The topological polar surface area (TPSA) is 73.5 Å². The van der Waals surface area contributed by atoms with E-state index in [1.807, 2.05) is 26.0 Å². The van der Waals surface area contributed by atoms with Gasteiger partial charge in [-0.05, 0) is 43.4 Å². The summed E-state index contributed by atoms with van der Waals surface area (Å²) < 4.78 is 25.4. The minimum atomic E-state index is -3.12. The number of rotatable bonds is 4. The van der Waals surface area contributed by atoms with Crippen LogP contribution in [0.5, 0.6) is 0 Å². The molecule has 25 heavy (non-hydrogen) atoms. The summed E-state index contributed by atoms with van der Waals surface area (Å²) >= 11 is 0. The zero-order chi connectivity index (χ0) is 18.2. The molecule has 0 aliphatic carbocycles. The van der Waals surface area contributed by atoms with E-state index in [1.165, 1.54) is 0 Å². The van der Waals surface area contributed by atoms with Gasteiger partial charge in [0.05, 0.1) is 11.3 Å². The second kappa shape index (κ2) is 6.90. The standard InChI is InChI=1S/C18H25N3O3S/c1-4-25(23,24)21-9-7-20(8-10-21)12-16-11-15-6-5-13(2)14(3)17(15)19-18(16)22/h5-6,11H,4,7-10,12H2,1-3H3,(H,19,22). The monoisotopic (exact) mass is 363 g/mol. The Morgan fingerprint density at radius 3 is 2.44 bits per heavy atom. The Kier molecular flexibility index (Phi) is 4.99. The zero-order valence-electron chi connectivity index (χ0n) is 15.0. The molecule has 6 nitrogen and oxygen atoms in total. The van der Waals surface area contributed by atoms with Gasteiger partial charge in [-0.15, -0.1) is 0 Å². The third-order valence-electron chi connectivity index (χ3n) is 5.11. The summed E-state index contributed by atoms with van der Waals surface area (Å²) in [4.78, 5) is 17.6. The molecule has 1 aliphatic rings. The Balaban J connectivity index is 1.77. The zero-order valence-corrected chi connectivity index (χ0v) is 15.8. The maximum absolute atomic E-state index is 12.5. The lowest BCUT2D eigenvalue weighted by Crippen LogP contribution is -2.49. The van der Waals surface area contributed by atoms with Gasteiger partial charge in [0, 0.05) is 38.3 Å². The van der Waals surface area contributed by atoms with Gasteiger partial charge in [0.15, 0.2) is 0 Å². The highest BCUT2D eigenvalue weighted by molar-refractivity contribution is 7.89. The summed E-state index contributed by atoms with van der Waals surface area (Å²) in [6.07, 6.45) is 0. The minimum absolute atomic E-state index is 0.0650. The molecular formula is C18H25N3O3S.